The van der Waals surface area contributed by atoms with Gasteiger partial charge >= 0.3 is 0 Å². The number of ketones is 1. The number of rotatable bonds is 3. The molecule has 1 aliphatic rings. The van der Waals surface area contributed by atoms with Gasteiger partial charge in [0.1, 0.15) is 0 Å². The lowest BCUT2D eigenvalue weighted by atomic mass is 9.91. The molecule has 0 N–H and O–H groups in total. The average Bonchev–Trinajstić information content (AvgIpc) is 3.00. The second-order valence-corrected chi connectivity index (χ2v) is 3.81. The summed E-state index contributed by atoms with van der Waals surface area (Å²) in [5.41, 5.74) is 0.997. The molecule has 1 heteroatoms. The Kier molecular flexibility index (Phi) is 2.24. The van der Waals surface area contributed by atoms with Crippen LogP contribution in [0.1, 0.15) is 25.3 Å². The third kappa shape index (κ3) is 1.39. The molecule has 0 spiro atoms. The molecule has 1 aromatic rings. The predicted molar refractivity (Wildman–Crippen MR) is 57.2 cm³/mol. The molecule has 2 rings (SSSR count). The van der Waals surface area contributed by atoms with E-state index in [2.05, 4.69) is 12.1 Å². The number of carbonyl (C=O) groups excluding carboxylic acids is 1. The summed E-state index contributed by atoms with van der Waals surface area (Å²) in [6, 6.07) is 10.1. The van der Waals surface area contributed by atoms with Crippen LogP contribution in [0.3, 0.4) is 0 Å². The summed E-state index contributed by atoms with van der Waals surface area (Å²) in [5.74, 6) is 0.256. The van der Waals surface area contributed by atoms with Crippen molar-refractivity contribution < 1.29 is 4.79 Å². The Bertz CT molecular complexity index is 358. The molecule has 0 saturated heterocycles. The van der Waals surface area contributed by atoms with E-state index < -0.39 is 0 Å². The maximum absolute atomic E-state index is 11.8. The molecular formula is C13H14O. The largest absolute Gasteiger partial charge is 0.294 e. The van der Waals surface area contributed by atoms with Gasteiger partial charge in [-0.3, -0.25) is 4.79 Å². The smallest absolute Gasteiger partial charge is 0.165 e. The first kappa shape index (κ1) is 9.20. The van der Waals surface area contributed by atoms with E-state index in [0.29, 0.717) is 0 Å². The van der Waals surface area contributed by atoms with Gasteiger partial charge in [-0.15, -0.1) is 0 Å². The van der Waals surface area contributed by atoms with Crippen LogP contribution >= 0.6 is 0 Å². The molecule has 0 radical (unpaired) electrons. The van der Waals surface area contributed by atoms with Crippen LogP contribution in [-0.2, 0) is 10.2 Å². The highest BCUT2D eigenvalue weighted by atomic mass is 16.1. The molecule has 0 aromatic heterocycles. The first-order valence-electron chi connectivity index (χ1n) is 5.02. The van der Waals surface area contributed by atoms with Crippen molar-refractivity contribution in [2.75, 3.05) is 0 Å². The number of benzene rings is 1. The van der Waals surface area contributed by atoms with E-state index in [1.807, 2.05) is 31.2 Å². The van der Waals surface area contributed by atoms with Crippen molar-refractivity contribution in [1.29, 1.82) is 0 Å². The Morgan fingerprint density at radius 1 is 1.29 bits per heavy atom. The zero-order valence-corrected chi connectivity index (χ0v) is 8.36. The van der Waals surface area contributed by atoms with Crippen LogP contribution in [0, 0.1) is 0 Å². The molecule has 1 nitrogen and oxygen atoms in total. The van der Waals surface area contributed by atoms with Crippen LogP contribution in [0.15, 0.2) is 42.5 Å². The van der Waals surface area contributed by atoms with E-state index >= 15 is 0 Å². The molecule has 0 atom stereocenters. The Morgan fingerprint density at radius 2 is 1.93 bits per heavy atom. The number of hydrogen-bond donors (Lipinski definition) is 0. The SMILES string of the molecule is CC=CC(=O)C1(c2ccccc2)CC1. The zero-order chi connectivity index (χ0) is 10.0. The highest BCUT2D eigenvalue weighted by molar-refractivity contribution is 6.01. The molecule has 0 amide bonds. The summed E-state index contributed by atoms with van der Waals surface area (Å²) < 4.78 is 0. The summed E-state index contributed by atoms with van der Waals surface area (Å²) in [7, 11) is 0. The molecule has 0 heterocycles. The third-order valence-electron chi connectivity index (χ3n) is 2.87. The second kappa shape index (κ2) is 3.41. The Morgan fingerprint density at radius 3 is 2.43 bits per heavy atom. The van der Waals surface area contributed by atoms with Crippen molar-refractivity contribution in [2.45, 2.75) is 25.2 Å². The van der Waals surface area contributed by atoms with Crippen LogP contribution in [0.4, 0.5) is 0 Å². The van der Waals surface area contributed by atoms with Crippen LogP contribution < -0.4 is 0 Å². The fourth-order valence-corrected chi connectivity index (χ4v) is 1.87. The lowest BCUT2D eigenvalue weighted by Gasteiger charge is -2.11. The van der Waals surface area contributed by atoms with E-state index in [1.165, 1.54) is 5.56 Å². The Labute approximate surface area is 84.5 Å². The summed E-state index contributed by atoms with van der Waals surface area (Å²) in [5, 5.41) is 0. The molecule has 1 saturated carbocycles. The maximum Gasteiger partial charge on any atom is 0.165 e. The van der Waals surface area contributed by atoms with E-state index in [9.17, 15) is 4.79 Å². The molecular weight excluding hydrogens is 172 g/mol. The fourth-order valence-electron chi connectivity index (χ4n) is 1.87. The van der Waals surface area contributed by atoms with Crippen molar-refractivity contribution in [3.05, 3.63) is 48.0 Å². The second-order valence-electron chi connectivity index (χ2n) is 3.81. The molecule has 72 valence electrons. The van der Waals surface area contributed by atoms with Gasteiger partial charge in [0, 0.05) is 0 Å². The predicted octanol–water partition coefficient (Wildman–Crippen LogP) is 2.86. The van der Waals surface area contributed by atoms with E-state index in [-0.39, 0.29) is 11.2 Å². The Hall–Kier alpha value is -1.37. The maximum atomic E-state index is 11.8. The number of allylic oxidation sites excluding steroid dienone is 2. The van der Waals surface area contributed by atoms with Gasteiger partial charge < -0.3 is 0 Å². The average molecular weight is 186 g/mol. The molecule has 1 aromatic carbocycles. The molecule has 1 fully saturated rings. The van der Waals surface area contributed by atoms with Crippen LogP contribution in [0.5, 0.6) is 0 Å². The lowest BCUT2D eigenvalue weighted by molar-refractivity contribution is -0.116. The van der Waals surface area contributed by atoms with Crippen molar-refractivity contribution in [3.8, 4) is 0 Å². The minimum absolute atomic E-state index is 0.173. The molecule has 0 bridgehead atoms. The molecule has 0 unspecified atom stereocenters. The quantitative estimate of drug-likeness (QED) is 0.663. The zero-order valence-electron chi connectivity index (χ0n) is 8.36. The van der Waals surface area contributed by atoms with E-state index in [0.717, 1.165) is 12.8 Å². The van der Waals surface area contributed by atoms with Gasteiger partial charge in [-0.05, 0) is 31.4 Å². The van der Waals surface area contributed by atoms with Crippen molar-refractivity contribution in [1.82, 2.24) is 0 Å². The first-order valence-corrected chi connectivity index (χ1v) is 5.02. The van der Waals surface area contributed by atoms with Crippen LogP contribution in [-0.4, -0.2) is 5.78 Å². The standard InChI is InChI=1S/C13H14O/c1-2-6-12(14)13(9-10-13)11-7-4-3-5-8-11/h2-8H,9-10H2,1H3. The van der Waals surface area contributed by atoms with Crippen LogP contribution in [0.25, 0.3) is 0 Å². The van der Waals surface area contributed by atoms with Gasteiger partial charge in [0.25, 0.3) is 0 Å². The van der Waals surface area contributed by atoms with Crippen LogP contribution in [0.2, 0.25) is 0 Å². The first-order chi connectivity index (χ1) is 6.79. The summed E-state index contributed by atoms with van der Waals surface area (Å²) >= 11 is 0. The van der Waals surface area contributed by atoms with Gasteiger partial charge in [-0.25, -0.2) is 0 Å². The normalized spacial score (nSPS) is 18.4. The fraction of sp³-hybridized carbons (Fsp3) is 0.308. The highest BCUT2D eigenvalue weighted by Gasteiger charge is 2.49. The minimum Gasteiger partial charge on any atom is -0.294 e. The van der Waals surface area contributed by atoms with Gasteiger partial charge in [0.05, 0.1) is 5.41 Å². The highest BCUT2D eigenvalue weighted by Crippen LogP contribution is 2.49. The summed E-state index contributed by atoms with van der Waals surface area (Å²) in [4.78, 5) is 11.8. The molecule has 0 aliphatic heterocycles. The number of carbonyl (C=O) groups is 1. The lowest BCUT2D eigenvalue weighted by Crippen LogP contribution is -2.17. The monoisotopic (exact) mass is 186 g/mol. The minimum atomic E-state index is -0.173. The van der Waals surface area contributed by atoms with E-state index in [4.69, 9.17) is 0 Å². The van der Waals surface area contributed by atoms with Gasteiger partial charge in [0.15, 0.2) is 5.78 Å². The van der Waals surface area contributed by atoms with Crippen molar-refractivity contribution in [3.63, 3.8) is 0 Å². The van der Waals surface area contributed by atoms with Gasteiger partial charge in [-0.2, -0.15) is 0 Å². The van der Waals surface area contributed by atoms with Crippen molar-refractivity contribution >= 4 is 5.78 Å². The van der Waals surface area contributed by atoms with Crippen molar-refractivity contribution in [2.24, 2.45) is 0 Å². The topological polar surface area (TPSA) is 17.1 Å². The third-order valence-corrected chi connectivity index (χ3v) is 2.87. The van der Waals surface area contributed by atoms with Gasteiger partial charge in [0.2, 0.25) is 0 Å². The molecule has 14 heavy (non-hydrogen) atoms. The summed E-state index contributed by atoms with van der Waals surface area (Å²) in [6.07, 6.45) is 5.52. The summed E-state index contributed by atoms with van der Waals surface area (Å²) in [6.45, 7) is 1.89. The number of hydrogen-bond acceptors (Lipinski definition) is 1. The molecule has 1 aliphatic carbocycles. The van der Waals surface area contributed by atoms with Gasteiger partial charge in [-0.1, -0.05) is 36.4 Å². The van der Waals surface area contributed by atoms with E-state index in [1.54, 1.807) is 6.08 Å². The Balaban J connectivity index is 2.30.